The van der Waals surface area contributed by atoms with Gasteiger partial charge in [-0.25, -0.2) is 9.18 Å². The number of piperidine rings is 1. The van der Waals surface area contributed by atoms with Crippen molar-refractivity contribution in [2.45, 2.75) is 24.3 Å². The minimum Gasteiger partial charge on any atom is -0.497 e. The van der Waals surface area contributed by atoms with Gasteiger partial charge in [-0.15, -0.1) is 0 Å². The molecular weight excluding hydrogens is 513 g/mol. The standard InChI is InChI=1S/C30H30FN5O4/c1-40-22-7-8-23-24(15-22)34-27-25(17-37)36(28(38)19-4-3-11-32-16-19)18-30(26(23)27)9-12-35(13-10-30)29(39)33-21-6-2-5-20(31)14-21/h2-8,11,14-16,25,34,37H,9-10,12-13,17-18H2,1H3,(H,33,39)/t25-/m1/s1. The highest BCUT2D eigenvalue weighted by Crippen LogP contribution is 2.49. The molecule has 4 heterocycles. The molecule has 0 saturated carbocycles. The maximum atomic E-state index is 13.8. The summed E-state index contributed by atoms with van der Waals surface area (Å²) in [7, 11) is 1.61. The van der Waals surface area contributed by atoms with Crippen LogP contribution in [0.1, 0.15) is 40.5 Å². The highest BCUT2D eigenvalue weighted by Gasteiger charge is 2.49. The molecule has 40 heavy (non-hydrogen) atoms. The van der Waals surface area contributed by atoms with E-state index in [4.69, 9.17) is 4.74 Å². The Hall–Kier alpha value is -4.44. The number of fused-ring (bicyclic) bond motifs is 4. The van der Waals surface area contributed by atoms with Crippen LogP contribution in [0, 0.1) is 5.82 Å². The number of likely N-dealkylation sites (tertiary alicyclic amines) is 1. The Balaban J connectivity index is 1.36. The molecule has 10 heteroatoms. The monoisotopic (exact) mass is 543 g/mol. The summed E-state index contributed by atoms with van der Waals surface area (Å²) >= 11 is 0. The number of halogens is 1. The molecule has 3 N–H and O–H groups in total. The van der Waals surface area contributed by atoms with Gasteiger partial charge in [-0.05, 0) is 60.9 Å². The predicted octanol–water partition coefficient (Wildman–Crippen LogP) is 4.47. The van der Waals surface area contributed by atoms with E-state index in [1.807, 2.05) is 18.2 Å². The van der Waals surface area contributed by atoms with Gasteiger partial charge in [-0.1, -0.05) is 6.07 Å². The Morgan fingerprint density at radius 2 is 2.00 bits per heavy atom. The third kappa shape index (κ3) is 4.44. The number of hydrogen-bond donors (Lipinski definition) is 3. The van der Waals surface area contributed by atoms with E-state index in [1.54, 1.807) is 47.4 Å². The van der Waals surface area contributed by atoms with Crippen LogP contribution in [0.25, 0.3) is 10.9 Å². The maximum Gasteiger partial charge on any atom is 0.321 e. The van der Waals surface area contributed by atoms with Crippen molar-refractivity contribution in [2.24, 2.45) is 0 Å². The third-order valence-corrected chi connectivity index (χ3v) is 8.17. The summed E-state index contributed by atoms with van der Waals surface area (Å²) in [5.41, 5.74) is 3.13. The quantitative estimate of drug-likeness (QED) is 0.352. The summed E-state index contributed by atoms with van der Waals surface area (Å²) in [6.07, 6.45) is 4.36. The van der Waals surface area contributed by atoms with E-state index in [-0.39, 0.29) is 18.5 Å². The second-order valence-electron chi connectivity index (χ2n) is 10.4. The molecule has 9 nitrogen and oxygen atoms in total. The lowest BCUT2D eigenvalue weighted by molar-refractivity contribution is 0.0370. The largest absolute Gasteiger partial charge is 0.497 e. The first-order valence-corrected chi connectivity index (χ1v) is 13.3. The van der Waals surface area contributed by atoms with E-state index in [0.717, 1.165) is 22.2 Å². The summed E-state index contributed by atoms with van der Waals surface area (Å²) in [4.78, 5) is 37.9. The van der Waals surface area contributed by atoms with E-state index in [2.05, 4.69) is 15.3 Å². The van der Waals surface area contributed by atoms with Crippen LogP contribution < -0.4 is 10.1 Å². The molecular formula is C30H30FN5O4. The number of ether oxygens (including phenoxy) is 1. The molecule has 0 aliphatic carbocycles. The van der Waals surface area contributed by atoms with Gasteiger partial charge < -0.3 is 29.9 Å². The third-order valence-electron chi connectivity index (χ3n) is 8.17. The Kier molecular flexibility index (Phi) is 6.63. The highest BCUT2D eigenvalue weighted by molar-refractivity contribution is 5.95. The van der Waals surface area contributed by atoms with Crippen molar-refractivity contribution < 1.29 is 23.8 Å². The number of benzene rings is 2. The van der Waals surface area contributed by atoms with Gasteiger partial charge in [0.1, 0.15) is 11.6 Å². The van der Waals surface area contributed by atoms with Crippen molar-refractivity contribution in [1.29, 1.82) is 0 Å². The van der Waals surface area contributed by atoms with Gasteiger partial charge in [-0.2, -0.15) is 0 Å². The second kappa shape index (κ2) is 10.3. The number of aromatic nitrogens is 2. The molecule has 206 valence electrons. The number of rotatable bonds is 4. The smallest absolute Gasteiger partial charge is 0.321 e. The number of methoxy groups -OCH3 is 1. The topological polar surface area (TPSA) is 111 Å². The molecule has 2 aromatic heterocycles. The number of nitrogens with zero attached hydrogens (tertiary/aromatic N) is 3. The Morgan fingerprint density at radius 1 is 1.18 bits per heavy atom. The number of urea groups is 1. The second-order valence-corrected chi connectivity index (χ2v) is 10.4. The maximum absolute atomic E-state index is 13.8. The molecule has 3 amide bonds. The number of aliphatic hydroxyl groups is 1. The Bertz CT molecular complexity index is 1570. The Labute approximate surface area is 230 Å². The molecule has 0 radical (unpaired) electrons. The first-order chi connectivity index (χ1) is 19.4. The zero-order chi connectivity index (χ0) is 27.9. The summed E-state index contributed by atoms with van der Waals surface area (Å²) in [5, 5.41) is 14.4. The molecule has 1 fully saturated rings. The zero-order valence-corrected chi connectivity index (χ0v) is 22.1. The lowest BCUT2D eigenvalue weighted by Gasteiger charge is -2.50. The normalized spacial score (nSPS) is 18.0. The molecule has 1 spiro atoms. The lowest BCUT2D eigenvalue weighted by atomic mass is 9.68. The van der Waals surface area contributed by atoms with Crippen molar-refractivity contribution in [1.82, 2.24) is 19.8 Å². The SMILES string of the molecule is COc1ccc2c3c([nH]c2c1)[C@@H](CO)N(C(=O)c1cccnc1)CC31CCN(C(=O)Nc2cccc(F)c2)CC1. The summed E-state index contributed by atoms with van der Waals surface area (Å²) in [6.45, 7) is 1.03. The van der Waals surface area contributed by atoms with E-state index in [1.165, 1.54) is 18.3 Å². The summed E-state index contributed by atoms with van der Waals surface area (Å²) in [5.74, 6) is 0.0745. The number of aromatic amines is 1. The van der Waals surface area contributed by atoms with Gasteiger partial charge in [-0.3, -0.25) is 9.78 Å². The van der Waals surface area contributed by atoms with Crippen molar-refractivity contribution >= 4 is 28.5 Å². The van der Waals surface area contributed by atoms with Gasteiger partial charge in [0.05, 0.1) is 25.3 Å². The fourth-order valence-corrected chi connectivity index (χ4v) is 6.19. The summed E-state index contributed by atoms with van der Waals surface area (Å²) in [6, 6.07) is 14.2. The number of pyridine rings is 1. The van der Waals surface area contributed by atoms with Gasteiger partial charge in [0, 0.05) is 65.8 Å². The Morgan fingerprint density at radius 3 is 2.70 bits per heavy atom. The van der Waals surface area contributed by atoms with Crippen molar-refractivity contribution in [2.75, 3.05) is 38.7 Å². The van der Waals surface area contributed by atoms with Crippen LogP contribution in [-0.2, 0) is 5.41 Å². The van der Waals surface area contributed by atoms with E-state index < -0.39 is 17.3 Å². The summed E-state index contributed by atoms with van der Waals surface area (Å²) < 4.78 is 19.1. The van der Waals surface area contributed by atoms with Crippen LogP contribution in [-0.4, -0.2) is 70.2 Å². The van der Waals surface area contributed by atoms with Crippen LogP contribution >= 0.6 is 0 Å². The first-order valence-electron chi connectivity index (χ1n) is 13.3. The van der Waals surface area contributed by atoms with E-state index >= 15 is 0 Å². The minimum absolute atomic E-state index is 0.209. The molecule has 4 aromatic rings. The average molecular weight is 544 g/mol. The van der Waals surface area contributed by atoms with Crippen LogP contribution in [0.5, 0.6) is 5.75 Å². The minimum atomic E-state index is -0.568. The molecule has 6 rings (SSSR count). The number of aliphatic hydroxyl groups excluding tert-OH is 1. The van der Waals surface area contributed by atoms with Crippen molar-refractivity contribution in [3.63, 3.8) is 0 Å². The highest BCUT2D eigenvalue weighted by atomic mass is 19.1. The predicted molar refractivity (Wildman–Crippen MR) is 148 cm³/mol. The number of nitrogens with one attached hydrogen (secondary N) is 2. The molecule has 1 saturated heterocycles. The number of hydrogen-bond acceptors (Lipinski definition) is 5. The van der Waals surface area contributed by atoms with Crippen molar-refractivity contribution in [3.05, 3.63) is 89.6 Å². The van der Waals surface area contributed by atoms with E-state index in [0.29, 0.717) is 49.5 Å². The van der Waals surface area contributed by atoms with Crippen LogP contribution in [0.15, 0.2) is 67.0 Å². The average Bonchev–Trinajstić information content (AvgIpc) is 3.37. The number of amides is 3. The zero-order valence-electron chi connectivity index (χ0n) is 22.1. The van der Waals surface area contributed by atoms with Gasteiger partial charge >= 0.3 is 6.03 Å². The van der Waals surface area contributed by atoms with Crippen LogP contribution in [0.2, 0.25) is 0 Å². The molecule has 0 bridgehead atoms. The van der Waals surface area contributed by atoms with Gasteiger partial charge in [0.25, 0.3) is 5.91 Å². The molecule has 2 aromatic carbocycles. The molecule has 2 aliphatic rings. The molecule has 0 unspecified atom stereocenters. The van der Waals surface area contributed by atoms with Gasteiger partial charge in [0.2, 0.25) is 0 Å². The number of H-pyrrole nitrogens is 1. The molecule has 1 atom stereocenters. The lowest BCUT2D eigenvalue weighted by Crippen LogP contribution is -2.56. The number of carbonyl (C=O) groups excluding carboxylic acids is 2. The number of anilines is 1. The van der Waals surface area contributed by atoms with E-state index in [9.17, 15) is 19.1 Å². The van der Waals surface area contributed by atoms with Crippen LogP contribution in [0.3, 0.4) is 0 Å². The molecule has 2 aliphatic heterocycles. The fraction of sp³-hybridized carbons (Fsp3) is 0.300. The first kappa shape index (κ1) is 25.8. The van der Waals surface area contributed by atoms with Crippen molar-refractivity contribution in [3.8, 4) is 5.75 Å². The number of carbonyl (C=O) groups is 2. The van der Waals surface area contributed by atoms with Crippen LogP contribution in [0.4, 0.5) is 14.9 Å². The van der Waals surface area contributed by atoms with Gasteiger partial charge in [0.15, 0.2) is 0 Å². The fourth-order valence-electron chi connectivity index (χ4n) is 6.19.